The number of nitrogens with zero attached hydrogens (tertiary/aromatic N) is 2. The van der Waals surface area contributed by atoms with Crippen LogP contribution in [0.5, 0.6) is 5.95 Å². The first-order chi connectivity index (χ1) is 7.20. The fourth-order valence-electron chi connectivity index (χ4n) is 1.49. The topological polar surface area (TPSA) is 53.0 Å². The second-order valence-corrected chi connectivity index (χ2v) is 3.65. The Morgan fingerprint density at radius 2 is 1.93 bits per heavy atom. The van der Waals surface area contributed by atoms with Gasteiger partial charge in [-0.05, 0) is 4.68 Å². The smallest absolute Gasteiger partial charge is 0.242 e. The first-order valence-corrected chi connectivity index (χ1v) is 4.84. The van der Waals surface area contributed by atoms with Crippen LogP contribution < -0.4 is 9.79 Å². The molecule has 0 bridgehead atoms. The molecule has 0 unspecified atom stereocenters. The predicted octanol–water partition coefficient (Wildman–Crippen LogP) is 1.15. The van der Waals surface area contributed by atoms with Gasteiger partial charge >= 0.3 is 0 Å². The average molecular weight is 204 g/mol. The highest BCUT2D eigenvalue weighted by molar-refractivity contribution is 5.22. The Hall–Kier alpha value is -1.84. The van der Waals surface area contributed by atoms with Gasteiger partial charge in [-0.1, -0.05) is 32.0 Å². The Morgan fingerprint density at radius 1 is 1.27 bits per heavy atom. The van der Waals surface area contributed by atoms with E-state index in [0.717, 1.165) is 5.69 Å². The first kappa shape index (κ1) is 9.71. The van der Waals surface area contributed by atoms with E-state index in [0.29, 0.717) is 5.69 Å². The molecule has 0 aliphatic heterocycles. The quantitative estimate of drug-likeness (QED) is 0.689. The van der Waals surface area contributed by atoms with Gasteiger partial charge in [0.05, 0.1) is 5.27 Å². The molecule has 0 amide bonds. The summed E-state index contributed by atoms with van der Waals surface area (Å²) >= 11 is 0. The average Bonchev–Trinajstić information content (AvgIpc) is 2.61. The molecule has 4 heteroatoms. The lowest BCUT2D eigenvalue weighted by Crippen LogP contribution is -2.37. The van der Waals surface area contributed by atoms with E-state index < -0.39 is 0 Å². The SMILES string of the molecule is CC(C)c1c([O-])on[n+]1-c1ccccc1. The molecule has 1 aromatic heterocycles. The highest BCUT2D eigenvalue weighted by atomic mass is 16.6. The van der Waals surface area contributed by atoms with Crippen molar-refractivity contribution in [3.05, 3.63) is 36.0 Å². The van der Waals surface area contributed by atoms with Crippen LogP contribution in [0.4, 0.5) is 0 Å². The number of aromatic nitrogens is 2. The molecule has 0 spiro atoms. The third-order valence-electron chi connectivity index (χ3n) is 2.19. The number of hydrogen-bond donors (Lipinski definition) is 0. The molecular formula is C11H12N2O2. The summed E-state index contributed by atoms with van der Waals surface area (Å²) in [4.78, 5) is 0. The van der Waals surface area contributed by atoms with Crippen LogP contribution in [0.2, 0.25) is 0 Å². The van der Waals surface area contributed by atoms with Crippen molar-refractivity contribution in [2.75, 3.05) is 0 Å². The molecule has 0 aliphatic rings. The van der Waals surface area contributed by atoms with Gasteiger partial charge in [0.1, 0.15) is 0 Å². The lowest BCUT2D eigenvalue weighted by molar-refractivity contribution is -0.678. The van der Waals surface area contributed by atoms with E-state index in [-0.39, 0.29) is 11.9 Å². The molecule has 1 heterocycles. The van der Waals surface area contributed by atoms with Gasteiger partial charge in [-0.25, -0.2) is 0 Å². The first-order valence-electron chi connectivity index (χ1n) is 4.84. The molecule has 0 N–H and O–H groups in total. The molecule has 0 aliphatic carbocycles. The summed E-state index contributed by atoms with van der Waals surface area (Å²) in [6.07, 6.45) is 0. The summed E-state index contributed by atoms with van der Waals surface area (Å²) in [6, 6.07) is 9.47. The summed E-state index contributed by atoms with van der Waals surface area (Å²) in [6.45, 7) is 3.88. The third kappa shape index (κ3) is 1.70. The van der Waals surface area contributed by atoms with Gasteiger partial charge in [-0.3, -0.25) is 0 Å². The van der Waals surface area contributed by atoms with Crippen LogP contribution in [0.25, 0.3) is 5.69 Å². The number of benzene rings is 1. The van der Waals surface area contributed by atoms with Crippen molar-refractivity contribution >= 4 is 0 Å². The van der Waals surface area contributed by atoms with Gasteiger partial charge in [0.25, 0.3) is 0 Å². The van der Waals surface area contributed by atoms with Gasteiger partial charge in [0.15, 0.2) is 5.95 Å². The van der Waals surface area contributed by atoms with E-state index in [4.69, 9.17) is 0 Å². The van der Waals surface area contributed by atoms with E-state index in [1.54, 1.807) is 4.68 Å². The zero-order valence-electron chi connectivity index (χ0n) is 8.68. The minimum atomic E-state index is -0.367. The summed E-state index contributed by atoms with van der Waals surface area (Å²) in [5, 5.41) is 15.1. The van der Waals surface area contributed by atoms with Crippen molar-refractivity contribution in [3.8, 4) is 11.6 Å². The van der Waals surface area contributed by atoms with Gasteiger partial charge < -0.3 is 9.63 Å². The van der Waals surface area contributed by atoms with E-state index in [1.807, 2.05) is 44.2 Å². The number of rotatable bonds is 2. The Labute approximate surface area is 87.7 Å². The number of para-hydroxylation sites is 1. The molecule has 1 aromatic carbocycles. The van der Waals surface area contributed by atoms with Crippen LogP contribution in [0.1, 0.15) is 25.5 Å². The highest BCUT2D eigenvalue weighted by Gasteiger charge is 2.22. The van der Waals surface area contributed by atoms with Gasteiger partial charge in [0, 0.05) is 18.1 Å². The Kier molecular flexibility index (Phi) is 2.41. The maximum absolute atomic E-state index is 11.4. The highest BCUT2D eigenvalue weighted by Crippen LogP contribution is 2.19. The standard InChI is InChI=1S/C11H12N2O2/c1-8(2)10-11(14)15-12-13(10)9-6-4-3-5-7-9/h3-8H,1-2H3. The minimum absolute atomic E-state index is 0.0870. The molecule has 0 atom stereocenters. The molecule has 4 nitrogen and oxygen atoms in total. The van der Waals surface area contributed by atoms with Crippen molar-refractivity contribution in [1.29, 1.82) is 0 Å². The van der Waals surface area contributed by atoms with Crippen LogP contribution in [-0.2, 0) is 0 Å². The lowest BCUT2D eigenvalue weighted by atomic mass is 10.1. The lowest BCUT2D eigenvalue weighted by Gasteiger charge is -1.99. The fourth-order valence-corrected chi connectivity index (χ4v) is 1.49. The van der Waals surface area contributed by atoms with Gasteiger partial charge in [-0.15, -0.1) is 0 Å². The van der Waals surface area contributed by atoms with Crippen molar-refractivity contribution in [2.24, 2.45) is 0 Å². The molecule has 78 valence electrons. The maximum Gasteiger partial charge on any atom is 0.242 e. The van der Waals surface area contributed by atoms with Crippen molar-refractivity contribution in [3.63, 3.8) is 0 Å². The Morgan fingerprint density at radius 3 is 2.53 bits per heavy atom. The van der Waals surface area contributed by atoms with Crippen LogP contribution in [0.3, 0.4) is 0 Å². The molecule has 15 heavy (non-hydrogen) atoms. The van der Waals surface area contributed by atoms with E-state index >= 15 is 0 Å². The maximum atomic E-state index is 11.4. The summed E-state index contributed by atoms with van der Waals surface area (Å²) in [5.41, 5.74) is 1.41. The monoisotopic (exact) mass is 204 g/mol. The normalized spacial score (nSPS) is 10.9. The van der Waals surface area contributed by atoms with Crippen LogP contribution in [0.15, 0.2) is 34.9 Å². The summed E-state index contributed by atoms with van der Waals surface area (Å²) < 4.78 is 6.22. The van der Waals surface area contributed by atoms with Gasteiger partial charge in [0.2, 0.25) is 11.4 Å². The minimum Gasteiger partial charge on any atom is -0.539 e. The molecule has 2 aromatic rings. The van der Waals surface area contributed by atoms with E-state index in [1.165, 1.54) is 0 Å². The summed E-state index contributed by atoms with van der Waals surface area (Å²) in [7, 11) is 0. The van der Waals surface area contributed by atoms with Gasteiger partial charge in [-0.2, -0.15) is 0 Å². The Balaban J connectivity index is 2.54. The Bertz CT molecular complexity index is 449. The summed E-state index contributed by atoms with van der Waals surface area (Å²) in [5.74, 6) is -0.280. The molecule has 0 fully saturated rings. The van der Waals surface area contributed by atoms with E-state index in [2.05, 4.69) is 9.79 Å². The predicted molar refractivity (Wildman–Crippen MR) is 51.6 cm³/mol. The van der Waals surface area contributed by atoms with Crippen LogP contribution >= 0.6 is 0 Å². The van der Waals surface area contributed by atoms with Crippen molar-refractivity contribution < 1.29 is 14.3 Å². The second-order valence-electron chi connectivity index (χ2n) is 3.65. The zero-order chi connectivity index (χ0) is 10.8. The molecule has 0 saturated carbocycles. The van der Waals surface area contributed by atoms with E-state index in [9.17, 15) is 5.11 Å². The van der Waals surface area contributed by atoms with Crippen LogP contribution in [-0.4, -0.2) is 5.27 Å². The molecule has 0 saturated heterocycles. The largest absolute Gasteiger partial charge is 0.539 e. The van der Waals surface area contributed by atoms with Crippen LogP contribution in [0, 0.1) is 0 Å². The molecule has 0 radical (unpaired) electrons. The second kappa shape index (κ2) is 3.73. The fraction of sp³-hybridized carbons (Fsp3) is 0.273. The molecule has 2 rings (SSSR count). The number of hydrogen-bond acceptors (Lipinski definition) is 3. The van der Waals surface area contributed by atoms with Crippen molar-refractivity contribution in [2.45, 2.75) is 19.8 Å². The third-order valence-corrected chi connectivity index (χ3v) is 2.19. The molecular weight excluding hydrogens is 192 g/mol. The zero-order valence-corrected chi connectivity index (χ0v) is 8.68. The van der Waals surface area contributed by atoms with Crippen molar-refractivity contribution in [1.82, 2.24) is 5.27 Å².